The van der Waals surface area contributed by atoms with Crippen molar-refractivity contribution in [1.29, 1.82) is 0 Å². The van der Waals surface area contributed by atoms with Gasteiger partial charge < -0.3 is 4.74 Å². The van der Waals surface area contributed by atoms with Gasteiger partial charge in [0.2, 0.25) is 0 Å². The number of esters is 1. The van der Waals surface area contributed by atoms with E-state index in [2.05, 4.69) is 0 Å². The zero-order chi connectivity index (χ0) is 19.5. The minimum Gasteiger partial charge on any atom is -0.461 e. The monoisotopic (exact) mass is 373 g/mol. The summed E-state index contributed by atoms with van der Waals surface area (Å²) < 4.78 is 5.25. The number of hydrogen-bond acceptors (Lipinski definition) is 4. The number of imide groups is 1. The highest BCUT2D eigenvalue weighted by Gasteiger charge is 2.32. The van der Waals surface area contributed by atoms with Gasteiger partial charge in [-0.3, -0.25) is 19.3 Å². The van der Waals surface area contributed by atoms with Crippen molar-refractivity contribution in [2.24, 2.45) is 0 Å². The molecule has 0 fully saturated rings. The minimum atomic E-state index is -0.344. The van der Waals surface area contributed by atoms with E-state index in [9.17, 15) is 14.4 Å². The smallest absolute Gasteiger partial charge is 0.306 e. The second-order valence-electron chi connectivity index (χ2n) is 6.72. The Morgan fingerprint density at radius 3 is 2.11 bits per heavy atom. The van der Waals surface area contributed by atoms with Gasteiger partial charge in [-0.15, -0.1) is 0 Å². The van der Waals surface area contributed by atoms with Gasteiger partial charge in [0.15, 0.2) is 0 Å². The van der Waals surface area contributed by atoms with Gasteiger partial charge in [-0.1, -0.05) is 54.6 Å². The van der Waals surface area contributed by atoms with E-state index in [0.717, 1.165) is 10.9 Å². The predicted molar refractivity (Wildman–Crippen MR) is 105 cm³/mol. The summed E-state index contributed by atoms with van der Waals surface area (Å²) in [6, 6.07) is 20.3. The molecule has 3 aromatic rings. The van der Waals surface area contributed by atoms with Crippen LogP contribution >= 0.6 is 0 Å². The lowest BCUT2D eigenvalue weighted by molar-refractivity contribution is -0.145. The average Bonchev–Trinajstić information content (AvgIpc) is 2.73. The van der Waals surface area contributed by atoms with Crippen LogP contribution in [0.1, 0.15) is 39.1 Å². The number of hydrogen-bond donors (Lipinski definition) is 0. The number of carbonyl (C=O) groups is 3. The van der Waals surface area contributed by atoms with Crippen molar-refractivity contribution in [3.05, 3.63) is 83.4 Å². The van der Waals surface area contributed by atoms with Crippen LogP contribution in [0.15, 0.2) is 66.7 Å². The SMILES string of the molecule is O=C(CCCN1C(=O)c2cccc3cccc(c23)C1=O)OCc1ccccc1. The molecule has 0 aliphatic carbocycles. The number of rotatable bonds is 6. The minimum absolute atomic E-state index is 0.149. The first kappa shape index (κ1) is 17.9. The van der Waals surface area contributed by atoms with Gasteiger partial charge in [-0.05, 0) is 29.5 Å². The van der Waals surface area contributed by atoms with Crippen molar-refractivity contribution in [2.45, 2.75) is 19.4 Å². The zero-order valence-electron chi connectivity index (χ0n) is 15.3. The topological polar surface area (TPSA) is 63.7 Å². The molecule has 140 valence electrons. The maximum Gasteiger partial charge on any atom is 0.306 e. The summed E-state index contributed by atoms with van der Waals surface area (Å²) in [7, 11) is 0. The highest BCUT2D eigenvalue weighted by Crippen LogP contribution is 2.30. The van der Waals surface area contributed by atoms with Crippen LogP contribution in [0.2, 0.25) is 0 Å². The lowest BCUT2D eigenvalue weighted by Gasteiger charge is -2.27. The summed E-state index contributed by atoms with van der Waals surface area (Å²) in [5.41, 5.74) is 1.97. The van der Waals surface area contributed by atoms with Crippen LogP contribution in [0, 0.1) is 0 Å². The average molecular weight is 373 g/mol. The molecule has 1 heterocycles. The van der Waals surface area contributed by atoms with E-state index in [1.807, 2.05) is 54.6 Å². The van der Waals surface area contributed by atoms with E-state index in [1.54, 1.807) is 12.1 Å². The second kappa shape index (κ2) is 7.64. The van der Waals surface area contributed by atoms with E-state index in [1.165, 1.54) is 4.90 Å². The van der Waals surface area contributed by atoms with Crippen LogP contribution in [0.4, 0.5) is 0 Å². The molecule has 1 aliphatic heterocycles. The molecule has 0 unspecified atom stereocenters. The molecule has 28 heavy (non-hydrogen) atoms. The van der Waals surface area contributed by atoms with Gasteiger partial charge in [0, 0.05) is 29.5 Å². The van der Waals surface area contributed by atoms with Crippen LogP contribution in [-0.2, 0) is 16.1 Å². The third-order valence-corrected chi connectivity index (χ3v) is 4.86. The van der Waals surface area contributed by atoms with Crippen molar-refractivity contribution in [3.63, 3.8) is 0 Å². The Morgan fingerprint density at radius 2 is 1.46 bits per heavy atom. The molecule has 0 saturated carbocycles. The Kier molecular flexibility index (Phi) is 4.89. The molecule has 0 radical (unpaired) electrons. The van der Waals surface area contributed by atoms with Gasteiger partial charge in [0.05, 0.1) is 0 Å². The molecular weight excluding hydrogens is 354 g/mol. The van der Waals surface area contributed by atoms with E-state index in [4.69, 9.17) is 4.74 Å². The quantitative estimate of drug-likeness (QED) is 0.485. The molecule has 3 aromatic carbocycles. The van der Waals surface area contributed by atoms with Crippen LogP contribution in [-0.4, -0.2) is 29.2 Å². The predicted octanol–water partition coefficient (Wildman–Crippen LogP) is 3.96. The number of carbonyl (C=O) groups excluding carboxylic acids is 3. The summed E-state index contributed by atoms with van der Waals surface area (Å²) in [5, 5.41) is 1.58. The Balaban J connectivity index is 1.39. The van der Waals surface area contributed by atoms with Gasteiger partial charge in [-0.25, -0.2) is 0 Å². The fraction of sp³-hybridized carbons (Fsp3) is 0.174. The normalized spacial score (nSPS) is 13.1. The molecule has 0 saturated heterocycles. The van der Waals surface area contributed by atoms with Gasteiger partial charge in [-0.2, -0.15) is 0 Å². The number of nitrogens with zero attached hydrogens (tertiary/aromatic N) is 1. The van der Waals surface area contributed by atoms with Crippen LogP contribution in [0.5, 0.6) is 0 Å². The first-order valence-electron chi connectivity index (χ1n) is 9.22. The first-order valence-corrected chi connectivity index (χ1v) is 9.22. The van der Waals surface area contributed by atoms with E-state index in [-0.39, 0.29) is 37.4 Å². The molecular formula is C23H19NO4. The molecule has 0 aromatic heterocycles. The summed E-state index contributed by atoms with van der Waals surface area (Å²) in [6.45, 7) is 0.402. The van der Waals surface area contributed by atoms with Gasteiger partial charge in [0.1, 0.15) is 6.61 Å². The van der Waals surface area contributed by atoms with Crippen molar-refractivity contribution >= 4 is 28.6 Å². The number of amides is 2. The molecule has 4 rings (SSSR count). The Morgan fingerprint density at radius 1 is 0.821 bits per heavy atom. The summed E-state index contributed by atoms with van der Waals surface area (Å²) >= 11 is 0. The van der Waals surface area contributed by atoms with Gasteiger partial charge in [0.25, 0.3) is 11.8 Å². The summed E-state index contributed by atoms with van der Waals surface area (Å²) in [4.78, 5) is 38.8. The van der Waals surface area contributed by atoms with E-state index < -0.39 is 0 Å². The third kappa shape index (κ3) is 3.39. The largest absolute Gasteiger partial charge is 0.461 e. The highest BCUT2D eigenvalue weighted by atomic mass is 16.5. The maximum atomic E-state index is 12.8. The highest BCUT2D eigenvalue weighted by molar-refractivity contribution is 6.25. The van der Waals surface area contributed by atoms with Crippen LogP contribution < -0.4 is 0 Å². The Labute approximate surface area is 162 Å². The summed E-state index contributed by atoms with van der Waals surface area (Å²) in [6.07, 6.45) is 0.513. The number of benzene rings is 3. The van der Waals surface area contributed by atoms with Crippen molar-refractivity contribution in [3.8, 4) is 0 Å². The molecule has 0 atom stereocenters. The fourth-order valence-electron chi connectivity index (χ4n) is 3.48. The van der Waals surface area contributed by atoms with Crippen LogP contribution in [0.3, 0.4) is 0 Å². The third-order valence-electron chi connectivity index (χ3n) is 4.86. The standard InChI is InChI=1S/C23H19NO4/c25-20(28-15-16-7-2-1-3-8-16)13-6-14-24-22(26)18-11-4-9-17-10-5-12-19(21(17)18)23(24)27/h1-5,7-12H,6,13-15H2. The molecule has 5 heteroatoms. The van der Waals surface area contributed by atoms with Crippen molar-refractivity contribution < 1.29 is 19.1 Å². The van der Waals surface area contributed by atoms with E-state index >= 15 is 0 Å². The van der Waals surface area contributed by atoms with Crippen molar-refractivity contribution in [1.82, 2.24) is 4.90 Å². The molecule has 0 N–H and O–H groups in total. The lowest BCUT2D eigenvalue weighted by atomic mass is 9.94. The number of ether oxygens (including phenoxy) is 1. The molecule has 5 nitrogen and oxygen atoms in total. The summed E-state index contributed by atoms with van der Waals surface area (Å²) in [5.74, 6) is -0.970. The maximum absolute atomic E-state index is 12.8. The molecule has 1 aliphatic rings. The molecule has 0 spiro atoms. The lowest BCUT2D eigenvalue weighted by Crippen LogP contribution is -2.41. The zero-order valence-corrected chi connectivity index (χ0v) is 15.3. The van der Waals surface area contributed by atoms with Crippen molar-refractivity contribution in [2.75, 3.05) is 6.54 Å². The Hall–Kier alpha value is -3.47. The second-order valence-corrected chi connectivity index (χ2v) is 6.72. The fourth-order valence-corrected chi connectivity index (χ4v) is 3.48. The molecule has 2 amide bonds. The molecule has 0 bridgehead atoms. The van der Waals surface area contributed by atoms with Gasteiger partial charge >= 0.3 is 5.97 Å². The Bertz CT molecular complexity index is 1010. The van der Waals surface area contributed by atoms with Crippen LogP contribution in [0.25, 0.3) is 10.8 Å². The first-order chi connectivity index (χ1) is 13.6. The van der Waals surface area contributed by atoms with E-state index in [0.29, 0.717) is 22.9 Å².